The van der Waals surface area contributed by atoms with Crippen LogP contribution >= 0.6 is 0 Å². The predicted molar refractivity (Wildman–Crippen MR) is 158 cm³/mol. The summed E-state index contributed by atoms with van der Waals surface area (Å²) in [4.78, 5) is 3.63. The summed E-state index contributed by atoms with van der Waals surface area (Å²) >= 11 is 0. The Labute approximate surface area is 216 Å². The van der Waals surface area contributed by atoms with E-state index in [9.17, 15) is 0 Å². The Balaban J connectivity index is 1.39. The molecule has 1 aromatic heterocycles. The van der Waals surface area contributed by atoms with Crippen molar-refractivity contribution in [2.75, 3.05) is 0 Å². The van der Waals surface area contributed by atoms with Crippen molar-refractivity contribution >= 4 is 21.8 Å². The first kappa shape index (κ1) is 21.4. The van der Waals surface area contributed by atoms with E-state index < -0.39 is 0 Å². The molecule has 7 aromatic rings. The number of aromatic amines is 1. The van der Waals surface area contributed by atoms with Crippen molar-refractivity contribution in [2.45, 2.75) is 0 Å². The van der Waals surface area contributed by atoms with Gasteiger partial charge in [-0.25, -0.2) is 0 Å². The van der Waals surface area contributed by atoms with Crippen molar-refractivity contribution in [3.8, 4) is 44.5 Å². The molecule has 0 radical (unpaired) electrons. The summed E-state index contributed by atoms with van der Waals surface area (Å²) in [5.41, 5.74) is 12.2. The molecule has 7 rings (SSSR count). The van der Waals surface area contributed by atoms with Gasteiger partial charge in [0.1, 0.15) is 0 Å². The van der Waals surface area contributed by atoms with Gasteiger partial charge in [-0.05, 0) is 68.8 Å². The Morgan fingerprint density at radius 2 is 0.649 bits per heavy atom. The fraction of sp³-hybridized carbons (Fsp3) is 0. The zero-order valence-corrected chi connectivity index (χ0v) is 20.4. The zero-order valence-electron chi connectivity index (χ0n) is 20.4. The van der Waals surface area contributed by atoms with Crippen LogP contribution in [0, 0.1) is 0 Å². The van der Waals surface area contributed by atoms with Crippen LogP contribution in [0.1, 0.15) is 0 Å². The SMILES string of the molecule is c1ccc(-c2ccccc2-c2ccc3[nH]c4ccc(-c5ccccc5-c5ccccc5)cc4c3c2)cc1. The van der Waals surface area contributed by atoms with E-state index in [1.165, 1.54) is 55.3 Å². The minimum Gasteiger partial charge on any atom is -0.355 e. The molecule has 0 aliphatic heterocycles. The van der Waals surface area contributed by atoms with Crippen molar-refractivity contribution < 1.29 is 0 Å². The maximum absolute atomic E-state index is 3.63. The lowest BCUT2D eigenvalue weighted by Crippen LogP contribution is -1.85. The van der Waals surface area contributed by atoms with Crippen LogP contribution in [0.5, 0.6) is 0 Å². The third kappa shape index (κ3) is 3.82. The summed E-state index contributed by atoms with van der Waals surface area (Å²) in [6.07, 6.45) is 0. The topological polar surface area (TPSA) is 15.8 Å². The van der Waals surface area contributed by atoms with Crippen molar-refractivity contribution in [1.82, 2.24) is 4.98 Å². The van der Waals surface area contributed by atoms with Gasteiger partial charge in [0, 0.05) is 21.8 Å². The standard InChI is InChI=1S/C36H25N/c1-3-11-25(12-4-1)29-15-7-9-17-31(29)27-19-21-35-33(23-27)34-24-28(20-22-36(34)37-35)32-18-10-8-16-30(32)26-13-5-2-6-14-26/h1-24,37H. The van der Waals surface area contributed by atoms with Gasteiger partial charge in [0.15, 0.2) is 0 Å². The fourth-order valence-corrected chi connectivity index (χ4v) is 5.44. The van der Waals surface area contributed by atoms with Crippen molar-refractivity contribution in [3.05, 3.63) is 146 Å². The molecular weight excluding hydrogens is 446 g/mol. The highest BCUT2D eigenvalue weighted by molar-refractivity contribution is 6.10. The minimum absolute atomic E-state index is 1.16. The average Bonchev–Trinajstić information content (AvgIpc) is 3.35. The lowest BCUT2D eigenvalue weighted by molar-refractivity contribution is 1.54. The predicted octanol–water partition coefficient (Wildman–Crippen LogP) is 9.99. The smallest absolute Gasteiger partial charge is 0.0465 e. The van der Waals surface area contributed by atoms with Gasteiger partial charge in [0.25, 0.3) is 0 Å². The maximum atomic E-state index is 3.63. The third-order valence-corrected chi connectivity index (χ3v) is 7.24. The van der Waals surface area contributed by atoms with Crippen LogP contribution in [0.25, 0.3) is 66.3 Å². The maximum Gasteiger partial charge on any atom is 0.0465 e. The van der Waals surface area contributed by atoms with E-state index >= 15 is 0 Å². The fourth-order valence-electron chi connectivity index (χ4n) is 5.44. The van der Waals surface area contributed by atoms with Crippen LogP contribution in [0.2, 0.25) is 0 Å². The van der Waals surface area contributed by atoms with E-state index in [0.29, 0.717) is 0 Å². The number of fused-ring (bicyclic) bond motifs is 3. The lowest BCUT2D eigenvalue weighted by atomic mass is 9.92. The quantitative estimate of drug-likeness (QED) is 0.263. The van der Waals surface area contributed by atoms with Gasteiger partial charge in [0.2, 0.25) is 0 Å². The summed E-state index contributed by atoms with van der Waals surface area (Å²) in [6, 6.07) is 52.2. The van der Waals surface area contributed by atoms with Gasteiger partial charge in [-0.1, -0.05) is 121 Å². The van der Waals surface area contributed by atoms with Crippen LogP contribution in [0.15, 0.2) is 146 Å². The molecule has 1 N–H and O–H groups in total. The van der Waals surface area contributed by atoms with Crippen LogP contribution < -0.4 is 0 Å². The van der Waals surface area contributed by atoms with Gasteiger partial charge in [-0.2, -0.15) is 0 Å². The Bertz CT molecular complexity index is 1720. The Morgan fingerprint density at radius 3 is 1.05 bits per heavy atom. The highest BCUT2D eigenvalue weighted by Crippen LogP contribution is 2.38. The van der Waals surface area contributed by atoms with E-state index in [1.807, 2.05) is 0 Å². The highest BCUT2D eigenvalue weighted by atomic mass is 14.7. The van der Waals surface area contributed by atoms with Gasteiger partial charge < -0.3 is 4.98 Å². The summed E-state index contributed by atoms with van der Waals surface area (Å²) in [7, 11) is 0. The first-order valence-electron chi connectivity index (χ1n) is 12.7. The molecule has 174 valence electrons. The van der Waals surface area contributed by atoms with Crippen LogP contribution in [-0.4, -0.2) is 4.98 Å². The van der Waals surface area contributed by atoms with Gasteiger partial charge in [-0.15, -0.1) is 0 Å². The largest absolute Gasteiger partial charge is 0.355 e. The van der Waals surface area contributed by atoms with Crippen molar-refractivity contribution in [1.29, 1.82) is 0 Å². The molecule has 0 atom stereocenters. The summed E-state index contributed by atoms with van der Waals surface area (Å²) in [6.45, 7) is 0. The van der Waals surface area contributed by atoms with Gasteiger partial charge in [0.05, 0.1) is 0 Å². The second-order valence-electron chi connectivity index (χ2n) is 9.47. The molecule has 1 heterocycles. The van der Waals surface area contributed by atoms with E-state index in [-0.39, 0.29) is 0 Å². The molecule has 0 bridgehead atoms. The monoisotopic (exact) mass is 471 g/mol. The Hall–Kier alpha value is -4.88. The molecule has 1 nitrogen and oxygen atoms in total. The molecule has 37 heavy (non-hydrogen) atoms. The summed E-state index contributed by atoms with van der Waals surface area (Å²) < 4.78 is 0. The van der Waals surface area contributed by atoms with Crippen LogP contribution in [0.4, 0.5) is 0 Å². The highest BCUT2D eigenvalue weighted by Gasteiger charge is 2.12. The van der Waals surface area contributed by atoms with Crippen LogP contribution in [0.3, 0.4) is 0 Å². The van der Waals surface area contributed by atoms with Gasteiger partial charge in [-0.3, -0.25) is 0 Å². The molecule has 0 saturated carbocycles. The normalized spacial score (nSPS) is 11.2. The van der Waals surface area contributed by atoms with Crippen molar-refractivity contribution in [2.24, 2.45) is 0 Å². The first-order chi connectivity index (χ1) is 18.3. The molecule has 6 aromatic carbocycles. The third-order valence-electron chi connectivity index (χ3n) is 7.24. The molecule has 1 heteroatoms. The number of hydrogen-bond acceptors (Lipinski definition) is 0. The molecular formula is C36H25N. The Kier molecular flexibility index (Phi) is 5.19. The van der Waals surface area contributed by atoms with Crippen LogP contribution in [-0.2, 0) is 0 Å². The van der Waals surface area contributed by atoms with Crippen molar-refractivity contribution in [3.63, 3.8) is 0 Å². The molecule has 0 fully saturated rings. The molecule has 0 amide bonds. The molecule has 0 saturated heterocycles. The molecule has 0 aliphatic rings. The lowest BCUT2D eigenvalue weighted by Gasteiger charge is -2.11. The van der Waals surface area contributed by atoms with E-state index in [4.69, 9.17) is 0 Å². The minimum atomic E-state index is 1.16. The van der Waals surface area contributed by atoms with E-state index in [0.717, 1.165) is 11.0 Å². The Morgan fingerprint density at radius 1 is 0.297 bits per heavy atom. The van der Waals surface area contributed by atoms with E-state index in [1.54, 1.807) is 0 Å². The number of aromatic nitrogens is 1. The second kappa shape index (κ2) is 8.96. The second-order valence-corrected chi connectivity index (χ2v) is 9.47. The first-order valence-corrected chi connectivity index (χ1v) is 12.7. The number of nitrogens with one attached hydrogen (secondary N) is 1. The zero-order chi connectivity index (χ0) is 24.6. The van der Waals surface area contributed by atoms with E-state index in [2.05, 4.69) is 151 Å². The molecule has 0 unspecified atom stereocenters. The number of H-pyrrole nitrogens is 1. The summed E-state index contributed by atoms with van der Waals surface area (Å²) in [5, 5.41) is 2.49. The molecule has 0 aliphatic carbocycles. The number of hydrogen-bond donors (Lipinski definition) is 1. The van der Waals surface area contributed by atoms with Gasteiger partial charge >= 0.3 is 0 Å². The summed E-state index contributed by atoms with van der Waals surface area (Å²) in [5.74, 6) is 0. The average molecular weight is 472 g/mol. The molecule has 0 spiro atoms. The number of benzene rings is 6. The number of rotatable bonds is 4.